The fourth-order valence-corrected chi connectivity index (χ4v) is 3.78. The van der Waals surface area contributed by atoms with Gasteiger partial charge >= 0.3 is 0 Å². The van der Waals surface area contributed by atoms with Crippen LogP contribution in [0.15, 0.2) is 42.5 Å². The predicted octanol–water partition coefficient (Wildman–Crippen LogP) is 4.79. The molecule has 1 unspecified atom stereocenters. The molecule has 2 aromatic carbocycles. The minimum Gasteiger partial charge on any atom is -0.497 e. The number of alkyl halides is 1. The van der Waals surface area contributed by atoms with Crippen molar-refractivity contribution in [2.45, 2.75) is 4.83 Å². The molecule has 2 rings (SSSR count). The molecule has 1 atom stereocenters. The first-order valence-corrected chi connectivity index (χ1v) is 7.77. The zero-order valence-corrected chi connectivity index (χ0v) is 14.4. The number of benzene rings is 2. The van der Waals surface area contributed by atoms with Crippen molar-refractivity contribution in [3.63, 3.8) is 0 Å². The van der Waals surface area contributed by atoms with E-state index in [1.54, 1.807) is 14.2 Å². The third-order valence-corrected chi connectivity index (χ3v) is 4.86. The highest BCUT2D eigenvalue weighted by Gasteiger charge is 2.17. The molecule has 0 radical (unpaired) electrons. The van der Waals surface area contributed by atoms with Gasteiger partial charge in [-0.25, -0.2) is 0 Å². The molecule has 19 heavy (non-hydrogen) atoms. The second-order valence-electron chi connectivity index (χ2n) is 3.99. The predicted molar refractivity (Wildman–Crippen MR) is 89.5 cm³/mol. The monoisotopic (exact) mass is 432 g/mol. The molecule has 4 heteroatoms. The summed E-state index contributed by atoms with van der Waals surface area (Å²) in [6, 6.07) is 14.2. The molecule has 0 aliphatic heterocycles. The molecule has 0 bridgehead atoms. The van der Waals surface area contributed by atoms with Gasteiger partial charge in [-0.15, -0.1) is 0 Å². The summed E-state index contributed by atoms with van der Waals surface area (Å²) < 4.78 is 11.9. The van der Waals surface area contributed by atoms with E-state index < -0.39 is 0 Å². The Kier molecular flexibility index (Phi) is 5.10. The molecular formula is C15H14BrIO2. The van der Waals surface area contributed by atoms with Gasteiger partial charge in [0.05, 0.1) is 19.0 Å². The Balaban J connectivity index is 2.44. The highest BCUT2D eigenvalue weighted by atomic mass is 127. The van der Waals surface area contributed by atoms with Crippen LogP contribution in [0.25, 0.3) is 0 Å². The van der Waals surface area contributed by atoms with Crippen LogP contribution >= 0.6 is 38.5 Å². The van der Waals surface area contributed by atoms with E-state index in [1.807, 2.05) is 30.3 Å². The molecule has 0 spiro atoms. The van der Waals surface area contributed by atoms with Crippen molar-refractivity contribution in [2.75, 3.05) is 14.2 Å². The van der Waals surface area contributed by atoms with Gasteiger partial charge in [-0.1, -0.05) is 40.2 Å². The lowest BCUT2D eigenvalue weighted by molar-refractivity contribution is 0.391. The number of halogens is 2. The summed E-state index contributed by atoms with van der Waals surface area (Å²) in [5.74, 6) is 1.61. The third-order valence-electron chi connectivity index (χ3n) is 2.89. The van der Waals surface area contributed by atoms with Crippen LogP contribution < -0.4 is 9.47 Å². The van der Waals surface area contributed by atoms with Crippen LogP contribution in [0.2, 0.25) is 0 Å². The minimum absolute atomic E-state index is 0.0986. The first-order chi connectivity index (χ1) is 9.17. The van der Waals surface area contributed by atoms with Crippen molar-refractivity contribution in [2.24, 2.45) is 0 Å². The Morgan fingerprint density at radius 1 is 1.00 bits per heavy atom. The van der Waals surface area contributed by atoms with E-state index in [9.17, 15) is 0 Å². The van der Waals surface area contributed by atoms with Crippen molar-refractivity contribution in [1.82, 2.24) is 0 Å². The molecule has 100 valence electrons. The summed E-state index contributed by atoms with van der Waals surface area (Å²) in [6.07, 6.45) is 0. The largest absolute Gasteiger partial charge is 0.497 e. The van der Waals surface area contributed by atoms with Gasteiger partial charge in [0.1, 0.15) is 11.5 Å². The number of hydrogen-bond acceptors (Lipinski definition) is 2. The van der Waals surface area contributed by atoms with E-state index in [-0.39, 0.29) is 4.83 Å². The van der Waals surface area contributed by atoms with Gasteiger partial charge < -0.3 is 9.47 Å². The fraction of sp³-hybridized carbons (Fsp3) is 0.200. The maximum absolute atomic E-state index is 5.46. The van der Waals surface area contributed by atoms with Gasteiger partial charge in [-0.05, 0) is 40.3 Å². The molecule has 0 aliphatic carbocycles. The van der Waals surface area contributed by atoms with Crippen molar-refractivity contribution in [1.29, 1.82) is 0 Å². The lowest BCUT2D eigenvalue weighted by Crippen LogP contribution is -1.99. The SMILES string of the molecule is COc1ccc(C(Br)c2ccccc2I)c(OC)c1. The molecule has 0 saturated carbocycles. The van der Waals surface area contributed by atoms with E-state index >= 15 is 0 Å². The molecule has 0 amide bonds. The third kappa shape index (κ3) is 3.23. The lowest BCUT2D eigenvalue weighted by Gasteiger charge is -2.16. The highest BCUT2D eigenvalue weighted by Crippen LogP contribution is 2.39. The molecule has 0 aliphatic rings. The maximum atomic E-state index is 5.46. The number of rotatable bonds is 4. The Morgan fingerprint density at radius 2 is 1.74 bits per heavy atom. The summed E-state index contributed by atoms with van der Waals surface area (Å²) in [5.41, 5.74) is 2.32. The fourth-order valence-electron chi connectivity index (χ4n) is 1.88. The van der Waals surface area contributed by atoms with Crippen LogP contribution in [0, 0.1) is 3.57 Å². The zero-order chi connectivity index (χ0) is 13.8. The quantitative estimate of drug-likeness (QED) is 0.510. The smallest absolute Gasteiger partial charge is 0.127 e. The number of ether oxygens (including phenoxy) is 2. The molecular weight excluding hydrogens is 419 g/mol. The molecule has 0 saturated heterocycles. The summed E-state index contributed by atoms with van der Waals surface area (Å²) in [4.78, 5) is 0.0986. The zero-order valence-electron chi connectivity index (χ0n) is 10.7. The van der Waals surface area contributed by atoms with E-state index in [1.165, 1.54) is 9.13 Å². The van der Waals surface area contributed by atoms with Crippen LogP contribution in [-0.2, 0) is 0 Å². The van der Waals surface area contributed by atoms with E-state index in [2.05, 4.69) is 50.7 Å². The topological polar surface area (TPSA) is 18.5 Å². The van der Waals surface area contributed by atoms with Crippen LogP contribution in [0.4, 0.5) is 0 Å². The van der Waals surface area contributed by atoms with Crippen molar-refractivity contribution >= 4 is 38.5 Å². The van der Waals surface area contributed by atoms with Gasteiger partial charge in [-0.2, -0.15) is 0 Å². The summed E-state index contributed by atoms with van der Waals surface area (Å²) in [5, 5.41) is 0. The van der Waals surface area contributed by atoms with Crippen LogP contribution in [0.5, 0.6) is 11.5 Å². The second kappa shape index (κ2) is 6.61. The summed E-state index contributed by atoms with van der Waals surface area (Å²) >= 11 is 6.10. The highest BCUT2D eigenvalue weighted by molar-refractivity contribution is 14.1. The molecule has 0 aromatic heterocycles. The van der Waals surface area contributed by atoms with Gasteiger partial charge in [0.2, 0.25) is 0 Å². The lowest BCUT2D eigenvalue weighted by atomic mass is 10.0. The molecule has 0 fully saturated rings. The Bertz CT molecular complexity index is 572. The number of methoxy groups -OCH3 is 2. The van der Waals surface area contributed by atoms with Gasteiger partial charge in [0.25, 0.3) is 0 Å². The average Bonchev–Trinajstić information content (AvgIpc) is 2.46. The Morgan fingerprint density at radius 3 is 2.37 bits per heavy atom. The first kappa shape index (κ1) is 14.7. The Labute approximate surface area is 135 Å². The van der Waals surface area contributed by atoms with Crippen molar-refractivity contribution in [3.8, 4) is 11.5 Å². The molecule has 2 nitrogen and oxygen atoms in total. The van der Waals surface area contributed by atoms with E-state index in [0.29, 0.717) is 0 Å². The second-order valence-corrected chi connectivity index (χ2v) is 6.07. The first-order valence-electron chi connectivity index (χ1n) is 5.77. The van der Waals surface area contributed by atoms with Crippen molar-refractivity contribution < 1.29 is 9.47 Å². The van der Waals surface area contributed by atoms with Crippen molar-refractivity contribution in [3.05, 3.63) is 57.2 Å². The minimum atomic E-state index is 0.0986. The van der Waals surface area contributed by atoms with Gasteiger partial charge in [-0.3, -0.25) is 0 Å². The van der Waals surface area contributed by atoms with Crippen LogP contribution in [0.1, 0.15) is 16.0 Å². The number of hydrogen-bond donors (Lipinski definition) is 0. The standard InChI is InChI=1S/C15H14BrIO2/c1-18-10-7-8-12(14(9-10)19-2)15(16)11-5-3-4-6-13(11)17/h3-9,15H,1-2H3. The summed E-state index contributed by atoms with van der Waals surface area (Å²) in [6.45, 7) is 0. The normalized spacial score (nSPS) is 12.0. The van der Waals surface area contributed by atoms with E-state index in [0.717, 1.165) is 17.1 Å². The average molecular weight is 433 g/mol. The summed E-state index contributed by atoms with van der Waals surface area (Å²) in [7, 11) is 3.33. The van der Waals surface area contributed by atoms with Crippen LogP contribution in [-0.4, -0.2) is 14.2 Å². The van der Waals surface area contributed by atoms with Gasteiger partial charge in [0, 0.05) is 15.2 Å². The van der Waals surface area contributed by atoms with Gasteiger partial charge in [0.15, 0.2) is 0 Å². The van der Waals surface area contributed by atoms with E-state index in [4.69, 9.17) is 9.47 Å². The molecule has 2 aromatic rings. The molecule has 0 heterocycles. The maximum Gasteiger partial charge on any atom is 0.127 e. The van der Waals surface area contributed by atoms with Crippen LogP contribution in [0.3, 0.4) is 0 Å². The Hall–Kier alpha value is -0.750. The molecule has 0 N–H and O–H groups in total.